The molecule has 1 saturated heterocycles. The lowest BCUT2D eigenvalue weighted by molar-refractivity contribution is 0.0521. The number of hydrogen-bond acceptors (Lipinski definition) is 7. The smallest absolute Gasteiger partial charge is 0.342 e. The lowest BCUT2D eigenvalue weighted by atomic mass is 10.3. The molecular weight excluding hydrogens is 322 g/mol. The van der Waals surface area contributed by atoms with E-state index >= 15 is 0 Å². The van der Waals surface area contributed by atoms with E-state index in [2.05, 4.69) is 14.9 Å². The topological polar surface area (TPSA) is 135 Å². The molecule has 1 aliphatic rings. The van der Waals surface area contributed by atoms with Crippen LogP contribution in [0.15, 0.2) is 11.2 Å². The van der Waals surface area contributed by atoms with E-state index in [0.29, 0.717) is 0 Å². The van der Waals surface area contributed by atoms with Crippen LogP contribution in [-0.4, -0.2) is 57.2 Å². The maximum atomic E-state index is 12.2. The number of ether oxygens (including phenoxy) is 1. The van der Waals surface area contributed by atoms with Crippen LogP contribution in [-0.2, 0) is 24.6 Å². The van der Waals surface area contributed by atoms with Gasteiger partial charge in [0, 0.05) is 6.04 Å². The van der Waals surface area contributed by atoms with E-state index in [0.717, 1.165) is 6.20 Å². The third kappa shape index (κ3) is 3.60. The van der Waals surface area contributed by atoms with Gasteiger partial charge in [-0.05, 0) is 13.3 Å². The average Bonchev–Trinajstić information content (AvgIpc) is 2.96. The first-order chi connectivity index (χ1) is 9.75. The van der Waals surface area contributed by atoms with Crippen molar-refractivity contribution in [2.24, 2.45) is 0 Å². The van der Waals surface area contributed by atoms with Crippen molar-refractivity contribution in [3.63, 3.8) is 0 Å². The number of carbonyl (C=O) groups excluding carboxylic acids is 1. The number of esters is 1. The minimum Gasteiger partial charge on any atom is -0.462 e. The molecule has 2 rings (SSSR count). The molecule has 0 bridgehead atoms. The maximum absolute atomic E-state index is 12.2. The predicted octanol–water partition coefficient (Wildman–Crippen LogP) is -0.948. The van der Waals surface area contributed by atoms with Gasteiger partial charge < -0.3 is 4.74 Å². The highest BCUT2D eigenvalue weighted by molar-refractivity contribution is 7.92. The Bertz CT molecular complexity index is 737. The third-order valence-electron chi connectivity index (χ3n) is 2.92. The maximum Gasteiger partial charge on any atom is 0.342 e. The number of nitrogens with one attached hydrogen (secondary N) is 2. The molecule has 2 N–H and O–H groups in total. The molecule has 0 amide bonds. The van der Waals surface area contributed by atoms with Gasteiger partial charge in [0.2, 0.25) is 0 Å². The number of sulfonamides is 1. The van der Waals surface area contributed by atoms with E-state index in [9.17, 15) is 21.6 Å². The van der Waals surface area contributed by atoms with Crippen molar-refractivity contribution >= 4 is 25.8 Å². The number of aromatic nitrogens is 2. The molecule has 1 atom stereocenters. The second-order valence-electron chi connectivity index (χ2n) is 4.55. The van der Waals surface area contributed by atoms with E-state index in [-0.39, 0.29) is 30.1 Å². The van der Waals surface area contributed by atoms with Gasteiger partial charge in [0.1, 0.15) is 5.56 Å². The van der Waals surface area contributed by atoms with E-state index in [4.69, 9.17) is 4.74 Å². The quantitative estimate of drug-likeness (QED) is 0.661. The molecule has 118 valence electrons. The Hall–Kier alpha value is -1.46. The van der Waals surface area contributed by atoms with E-state index < -0.39 is 36.9 Å². The van der Waals surface area contributed by atoms with Gasteiger partial charge in [-0.3, -0.25) is 5.10 Å². The van der Waals surface area contributed by atoms with E-state index in [1.54, 1.807) is 6.92 Å². The molecule has 11 heteroatoms. The Morgan fingerprint density at radius 2 is 2.29 bits per heavy atom. The summed E-state index contributed by atoms with van der Waals surface area (Å²) >= 11 is 0. The van der Waals surface area contributed by atoms with Crippen molar-refractivity contribution in [2.75, 3.05) is 18.1 Å². The Morgan fingerprint density at radius 1 is 1.57 bits per heavy atom. The second kappa shape index (κ2) is 5.73. The summed E-state index contributed by atoms with van der Waals surface area (Å²) in [5.41, 5.74) is -0.217. The number of rotatable bonds is 5. The van der Waals surface area contributed by atoms with Crippen LogP contribution in [0.4, 0.5) is 0 Å². The average molecular weight is 337 g/mol. The van der Waals surface area contributed by atoms with Gasteiger partial charge in [-0.15, -0.1) is 0 Å². The summed E-state index contributed by atoms with van der Waals surface area (Å²) in [6.45, 7) is 1.69. The lowest BCUT2D eigenvalue weighted by Gasteiger charge is -2.11. The fourth-order valence-corrected chi connectivity index (χ4v) is 5.13. The van der Waals surface area contributed by atoms with Gasteiger partial charge in [-0.25, -0.2) is 26.4 Å². The molecule has 0 aromatic carbocycles. The molecule has 0 aliphatic carbocycles. The van der Waals surface area contributed by atoms with Crippen LogP contribution in [0, 0.1) is 0 Å². The van der Waals surface area contributed by atoms with E-state index in [1.807, 2.05) is 0 Å². The number of H-pyrrole nitrogens is 1. The molecule has 0 radical (unpaired) electrons. The summed E-state index contributed by atoms with van der Waals surface area (Å²) in [7, 11) is -7.29. The monoisotopic (exact) mass is 337 g/mol. The molecule has 0 saturated carbocycles. The molecule has 2 heterocycles. The van der Waals surface area contributed by atoms with Crippen LogP contribution in [0.1, 0.15) is 23.7 Å². The van der Waals surface area contributed by atoms with Gasteiger partial charge in [-0.1, -0.05) is 0 Å². The van der Waals surface area contributed by atoms with Gasteiger partial charge in [0.15, 0.2) is 14.9 Å². The van der Waals surface area contributed by atoms with Crippen molar-refractivity contribution in [2.45, 2.75) is 24.4 Å². The minimum atomic E-state index is -4.08. The number of carbonyl (C=O) groups is 1. The van der Waals surface area contributed by atoms with Crippen molar-refractivity contribution in [3.05, 3.63) is 11.8 Å². The van der Waals surface area contributed by atoms with E-state index in [1.165, 1.54) is 0 Å². The standard InChI is InChI=1S/C10H15N3O6S2/c1-2-19-10(14)8-5-11-12-9(8)21(17,18)13-7-3-4-20(15,16)6-7/h5,7,13H,2-4,6H2,1H3,(H,11,12). The molecule has 21 heavy (non-hydrogen) atoms. The number of nitrogens with zero attached hydrogens (tertiary/aromatic N) is 1. The van der Waals surface area contributed by atoms with Gasteiger partial charge >= 0.3 is 5.97 Å². The van der Waals surface area contributed by atoms with Crippen molar-refractivity contribution in [3.8, 4) is 0 Å². The number of aromatic amines is 1. The molecule has 1 aromatic heterocycles. The number of sulfone groups is 1. The first kappa shape index (κ1) is 15.9. The molecule has 0 spiro atoms. The van der Waals surface area contributed by atoms with Crippen LogP contribution in [0.2, 0.25) is 0 Å². The first-order valence-electron chi connectivity index (χ1n) is 6.18. The first-order valence-corrected chi connectivity index (χ1v) is 9.49. The summed E-state index contributed by atoms with van der Waals surface area (Å²) in [5.74, 6) is -1.13. The fraction of sp³-hybridized carbons (Fsp3) is 0.600. The number of hydrogen-bond donors (Lipinski definition) is 2. The molecular formula is C10H15N3O6S2. The summed E-state index contributed by atoms with van der Waals surface area (Å²) in [5, 5.41) is 5.34. The van der Waals surface area contributed by atoms with Gasteiger partial charge in [0.05, 0.1) is 24.3 Å². The minimum absolute atomic E-state index is 0.0616. The predicted molar refractivity (Wildman–Crippen MR) is 71.9 cm³/mol. The van der Waals surface area contributed by atoms with Crippen molar-refractivity contribution in [1.82, 2.24) is 14.9 Å². The zero-order chi connectivity index (χ0) is 15.7. The van der Waals surface area contributed by atoms with Crippen molar-refractivity contribution < 1.29 is 26.4 Å². The van der Waals surface area contributed by atoms with Gasteiger partial charge in [0.25, 0.3) is 10.0 Å². The summed E-state index contributed by atoms with van der Waals surface area (Å²) in [6.07, 6.45) is 1.25. The van der Waals surface area contributed by atoms with Gasteiger partial charge in [-0.2, -0.15) is 5.10 Å². The normalized spacial score (nSPS) is 21.3. The lowest BCUT2D eigenvalue weighted by Crippen LogP contribution is -2.36. The zero-order valence-electron chi connectivity index (χ0n) is 11.2. The summed E-state index contributed by atoms with van der Waals surface area (Å²) in [4.78, 5) is 11.6. The van der Waals surface area contributed by atoms with Crippen LogP contribution < -0.4 is 4.72 Å². The van der Waals surface area contributed by atoms with Crippen LogP contribution in [0.3, 0.4) is 0 Å². The Morgan fingerprint density at radius 3 is 2.86 bits per heavy atom. The Labute approximate surface area is 122 Å². The third-order valence-corrected chi connectivity index (χ3v) is 6.18. The molecule has 1 aliphatic heterocycles. The van der Waals surface area contributed by atoms with Crippen LogP contribution in [0.5, 0.6) is 0 Å². The van der Waals surface area contributed by atoms with Crippen molar-refractivity contribution in [1.29, 1.82) is 0 Å². The van der Waals surface area contributed by atoms with Crippen LogP contribution in [0.25, 0.3) is 0 Å². The zero-order valence-corrected chi connectivity index (χ0v) is 12.8. The molecule has 1 aromatic rings. The largest absolute Gasteiger partial charge is 0.462 e. The van der Waals surface area contributed by atoms with Crippen LogP contribution >= 0.6 is 0 Å². The fourth-order valence-electron chi connectivity index (χ4n) is 2.00. The Kier molecular flexibility index (Phi) is 4.35. The summed E-state index contributed by atoms with van der Waals surface area (Å²) in [6, 6.07) is -0.710. The SMILES string of the molecule is CCOC(=O)c1cn[nH]c1S(=O)(=O)NC1CCS(=O)(=O)C1. The highest BCUT2D eigenvalue weighted by Crippen LogP contribution is 2.17. The second-order valence-corrected chi connectivity index (χ2v) is 8.43. The molecule has 1 unspecified atom stereocenters. The Balaban J connectivity index is 2.21. The summed E-state index contributed by atoms with van der Waals surface area (Å²) < 4.78 is 54.1. The molecule has 1 fully saturated rings. The molecule has 9 nitrogen and oxygen atoms in total. The highest BCUT2D eigenvalue weighted by atomic mass is 32.2. The highest BCUT2D eigenvalue weighted by Gasteiger charge is 2.34.